The summed E-state index contributed by atoms with van der Waals surface area (Å²) in [5.41, 5.74) is -0.699. The van der Waals surface area contributed by atoms with Crippen LogP contribution in [0.4, 0.5) is 0 Å². The number of fused-ring (bicyclic) bond motifs is 2. The Kier molecular flexibility index (Phi) is 4.86. The molecule has 0 aromatic carbocycles. The molecule has 1 unspecified atom stereocenters. The highest BCUT2D eigenvalue weighted by Crippen LogP contribution is 2.47. The van der Waals surface area contributed by atoms with Gasteiger partial charge in [0.15, 0.2) is 0 Å². The first kappa shape index (κ1) is 18.6. The van der Waals surface area contributed by atoms with Gasteiger partial charge in [-0.2, -0.15) is 0 Å². The van der Waals surface area contributed by atoms with Gasteiger partial charge in [0, 0.05) is 11.5 Å². The van der Waals surface area contributed by atoms with Crippen molar-refractivity contribution in [3.8, 4) is 0 Å². The summed E-state index contributed by atoms with van der Waals surface area (Å²) in [7, 11) is 0. The molecule has 25 heavy (non-hydrogen) atoms. The van der Waals surface area contributed by atoms with Crippen LogP contribution < -0.4 is 0 Å². The van der Waals surface area contributed by atoms with E-state index >= 15 is 0 Å². The number of rotatable bonds is 0. The molecule has 2 N–H and O–H groups in total. The summed E-state index contributed by atoms with van der Waals surface area (Å²) in [6.45, 7) is 9.70. The van der Waals surface area contributed by atoms with Gasteiger partial charge < -0.3 is 19.7 Å². The number of carbonyl (C=O) groups excluding carboxylic acids is 1. The second-order valence-corrected chi connectivity index (χ2v) is 8.48. The molecule has 0 spiro atoms. The normalized spacial score (nSPS) is 49.6. The highest BCUT2D eigenvalue weighted by molar-refractivity contribution is 5.90. The van der Waals surface area contributed by atoms with Gasteiger partial charge in [0.1, 0.15) is 6.10 Å². The number of carbonyl (C=O) groups is 1. The largest absolute Gasteiger partial charge is 0.456 e. The monoisotopic (exact) mass is 350 g/mol. The molecule has 2 heterocycles. The van der Waals surface area contributed by atoms with Gasteiger partial charge >= 0.3 is 5.97 Å². The van der Waals surface area contributed by atoms with E-state index in [0.717, 1.165) is 12.8 Å². The van der Waals surface area contributed by atoms with E-state index in [1.165, 1.54) is 0 Å². The van der Waals surface area contributed by atoms with Crippen molar-refractivity contribution < 1.29 is 24.5 Å². The second-order valence-electron chi connectivity index (χ2n) is 8.48. The third-order valence-corrected chi connectivity index (χ3v) is 6.11. The van der Waals surface area contributed by atoms with E-state index in [0.29, 0.717) is 24.8 Å². The summed E-state index contributed by atoms with van der Waals surface area (Å²) in [4.78, 5) is 12.0. The maximum Gasteiger partial charge on any atom is 0.334 e. The highest BCUT2D eigenvalue weighted by atomic mass is 16.6. The van der Waals surface area contributed by atoms with Crippen LogP contribution in [0.1, 0.15) is 52.9 Å². The lowest BCUT2D eigenvalue weighted by atomic mass is 9.81. The zero-order chi connectivity index (χ0) is 18.4. The average Bonchev–Trinajstić information content (AvgIpc) is 3.07. The predicted molar refractivity (Wildman–Crippen MR) is 93.8 cm³/mol. The quantitative estimate of drug-likeness (QED) is 0.304. The fraction of sp³-hybridized carbons (Fsp3) is 0.750. The maximum atomic E-state index is 12.0. The van der Waals surface area contributed by atoms with E-state index < -0.39 is 23.8 Å². The van der Waals surface area contributed by atoms with Crippen molar-refractivity contribution >= 4 is 5.97 Å². The minimum atomic E-state index is -0.855. The number of esters is 1. The molecule has 1 aliphatic carbocycles. The number of hydrogen-bond acceptors (Lipinski definition) is 5. The summed E-state index contributed by atoms with van der Waals surface area (Å²) < 4.78 is 11.3. The predicted octanol–water partition coefficient (Wildman–Crippen LogP) is 2.51. The zero-order valence-corrected chi connectivity index (χ0v) is 15.4. The fourth-order valence-corrected chi connectivity index (χ4v) is 4.12. The smallest absolute Gasteiger partial charge is 0.334 e. The lowest BCUT2D eigenvalue weighted by molar-refractivity contribution is -0.146. The van der Waals surface area contributed by atoms with Gasteiger partial charge in [0.25, 0.3) is 0 Å². The molecule has 2 fully saturated rings. The Balaban J connectivity index is 1.82. The molecule has 0 amide bonds. The van der Waals surface area contributed by atoms with E-state index in [4.69, 9.17) is 9.47 Å². The highest BCUT2D eigenvalue weighted by Gasteiger charge is 2.55. The average molecular weight is 350 g/mol. The van der Waals surface area contributed by atoms with E-state index in [1.54, 1.807) is 0 Å². The minimum absolute atomic E-state index is 0.00583. The zero-order valence-electron chi connectivity index (χ0n) is 15.4. The van der Waals surface area contributed by atoms with Gasteiger partial charge in [-0.25, -0.2) is 4.79 Å². The molecule has 0 bridgehead atoms. The van der Waals surface area contributed by atoms with Crippen LogP contribution in [-0.2, 0) is 14.3 Å². The molecule has 3 aliphatic rings. The topological polar surface area (TPSA) is 79.3 Å². The lowest BCUT2D eigenvalue weighted by Gasteiger charge is -2.28. The summed E-state index contributed by atoms with van der Waals surface area (Å²) in [6, 6.07) is 0. The molecule has 2 aliphatic heterocycles. The third-order valence-electron chi connectivity index (χ3n) is 6.11. The van der Waals surface area contributed by atoms with Crippen LogP contribution in [0.15, 0.2) is 24.3 Å². The first-order valence-corrected chi connectivity index (χ1v) is 9.29. The Bertz CT molecular complexity index is 581. The molecule has 2 saturated heterocycles. The van der Waals surface area contributed by atoms with Crippen LogP contribution >= 0.6 is 0 Å². The number of aliphatic hydroxyl groups excluding tert-OH is 1. The Morgan fingerprint density at radius 1 is 1.36 bits per heavy atom. The lowest BCUT2D eigenvalue weighted by Crippen LogP contribution is -2.37. The van der Waals surface area contributed by atoms with E-state index in [2.05, 4.69) is 6.58 Å². The second kappa shape index (κ2) is 6.53. The Hall–Kier alpha value is -1.17. The van der Waals surface area contributed by atoms with Crippen molar-refractivity contribution in [3.63, 3.8) is 0 Å². The summed E-state index contributed by atoms with van der Waals surface area (Å²) in [6.07, 6.45) is 6.08. The van der Waals surface area contributed by atoms with E-state index in [-0.39, 0.29) is 23.5 Å². The van der Waals surface area contributed by atoms with E-state index in [9.17, 15) is 15.0 Å². The van der Waals surface area contributed by atoms with Gasteiger partial charge in [-0.1, -0.05) is 25.7 Å². The van der Waals surface area contributed by atoms with Crippen molar-refractivity contribution in [2.24, 2.45) is 11.8 Å². The van der Waals surface area contributed by atoms with Crippen LogP contribution in [0, 0.1) is 11.8 Å². The molecule has 7 atom stereocenters. The summed E-state index contributed by atoms with van der Waals surface area (Å²) >= 11 is 0. The van der Waals surface area contributed by atoms with Gasteiger partial charge in [0.2, 0.25) is 0 Å². The first-order chi connectivity index (χ1) is 11.6. The van der Waals surface area contributed by atoms with Crippen molar-refractivity contribution in [2.75, 3.05) is 0 Å². The summed E-state index contributed by atoms with van der Waals surface area (Å²) in [5.74, 6) is -0.636. The van der Waals surface area contributed by atoms with Gasteiger partial charge in [-0.15, -0.1) is 0 Å². The Labute approximate surface area is 149 Å². The van der Waals surface area contributed by atoms with Crippen molar-refractivity contribution in [1.82, 2.24) is 0 Å². The Morgan fingerprint density at radius 3 is 2.80 bits per heavy atom. The first-order valence-electron chi connectivity index (χ1n) is 9.29. The molecule has 5 nitrogen and oxygen atoms in total. The van der Waals surface area contributed by atoms with Gasteiger partial charge in [-0.3, -0.25) is 0 Å². The molecular formula is C20H30O5. The van der Waals surface area contributed by atoms with Crippen molar-refractivity contribution in [3.05, 3.63) is 24.3 Å². The van der Waals surface area contributed by atoms with Gasteiger partial charge in [0.05, 0.1) is 23.4 Å². The van der Waals surface area contributed by atoms with Crippen molar-refractivity contribution in [2.45, 2.75) is 82.4 Å². The van der Waals surface area contributed by atoms with Crippen LogP contribution in [0.2, 0.25) is 0 Å². The maximum absolute atomic E-state index is 12.0. The molecule has 3 rings (SSSR count). The third kappa shape index (κ3) is 3.83. The molecule has 0 aromatic rings. The standard InChI is InChI=1S/C20H30O5/c1-12-7-5-8-19(3,23)9-6-10-20(4)15(25-20)11-14-13(2)18(22)24-17(14)16(12)21/h6,9,12,14-17,21,23H,2,5,7-8,10-11H2,1,3-4H3/b9-6-/t12-,14-,15+,16+,17+,19?,20+/m0/s1. The molecular weight excluding hydrogens is 320 g/mol. The van der Waals surface area contributed by atoms with Crippen LogP contribution in [0.5, 0.6) is 0 Å². The molecule has 140 valence electrons. The number of aliphatic hydroxyl groups is 2. The molecule has 0 aromatic heterocycles. The fourth-order valence-electron chi connectivity index (χ4n) is 4.12. The van der Waals surface area contributed by atoms with Gasteiger partial charge in [-0.05, 0) is 51.9 Å². The molecule has 0 radical (unpaired) electrons. The van der Waals surface area contributed by atoms with Crippen LogP contribution in [0.25, 0.3) is 0 Å². The van der Waals surface area contributed by atoms with E-state index in [1.807, 2.05) is 32.9 Å². The molecule has 0 saturated carbocycles. The number of epoxide rings is 1. The van der Waals surface area contributed by atoms with Crippen molar-refractivity contribution in [1.29, 1.82) is 0 Å². The summed E-state index contributed by atoms with van der Waals surface area (Å²) in [5, 5.41) is 21.2. The minimum Gasteiger partial charge on any atom is -0.456 e. The number of ether oxygens (including phenoxy) is 2. The van der Waals surface area contributed by atoms with Crippen LogP contribution in [0.3, 0.4) is 0 Å². The molecule has 5 heteroatoms. The Morgan fingerprint density at radius 2 is 2.08 bits per heavy atom. The number of hydrogen-bond donors (Lipinski definition) is 2. The SMILES string of the molecule is C=C1C(=O)O[C@H]2[C@H](O)[C@@H](C)CCCC(C)(O)/C=C\C[C@@]3(C)O[C@@H]3C[C@@H]12. The van der Waals surface area contributed by atoms with Crippen LogP contribution in [-0.4, -0.2) is 45.7 Å².